The lowest BCUT2D eigenvalue weighted by Gasteiger charge is -2.18. The zero-order valence-corrected chi connectivity index (χ0v) is 29.6. The maximum atomic E-state index is 2.46. The average Bonchev–Trinajstić information content (AvgIpc) is 3.75. The van der Waals surface area contributed by atoms with Gasteiger partial charge in [0, 0.05) is 16.5 Å². The third-order valence-corrected chi connectivity index (χ3v) is 11.9. The molecule has 0 fully saturated rings. The van der Waals surface area contributed by atoms with Gasteiger partial charge in [-0.3, -0.25) is 0 Å². The Labute approximate surface area is 313 Å². The summed E-state index contributed by atoms with van der Waals surface area (Å²) in [5, 5.41) is 12.8. The topological polar surface area (TPSA) is 4.93 Å². The van der Waals surface area contributed by atoms with Crippen LogP contribution in [0.2, 0.25) is 0 Å². The summed E-state index contributed by atoms with van der Waals surface area (Å²) >= 11 is 0. The van der Waals surface area contributed by atoms with Crippen molar-refractivity contribution in [2.75, 3.05) is 0 Å². The van der Waals surface area contributed by atoms with Crippen molar-refractivity contribution in [2.24, 2.45) is 0 Å². The van der Waals surface area contributed by atoms with E-state index in [0.717, 1.165) is 6.42 Å². The Morgan fingerprint density at radius 1 is 0.315 bits per heavy atom. The molecular weight excluding hydrogens is 651 g/mol. The van der Waals surface area contributed by atoms with Crippen LogP contribution in [0.1, 0.15) is 11.1 Å². The molecule has 0 saturated carbocycles. The summed E-state index contributed by atoms with van der Waals surface area (Å²) in [6, 6.07) is 70.1. The van der Waals surface area contributed by atoms with Crippen LogP contribution in [0.5, 0.6) is 0 Å². The Morgan fingerprint density at radius 2 is 0.833 bits per heavy atom. The van der Waals surface area contributed by atoms with E-state index in [4.69, 9.17) is 0 Å². The molecule has 0 radical (unpaired) electrons. The van der Waals surface area contributed by atoms with E-state index in [1.54, 1.807) is 0 Å². The zero-order chi connectivity index (χ0) is 35.3. The van der Waals surface area contributed by atoms with E-state index in [1.807, 2.05) is 0 Å². The van der Waals surface area contributed by atoms with Crippen molar-refractivity contribution in [3.8, 4) is 39.1 Å². The number of para-hydroxylation sites is 2. The minimum atomic E-state index is 0.970. The van der Waals surface area contributed by atoms with Gasteiger partial charge in [-0.05, 0) is 149 Å². The number of nitrogens with zero attached hydrogens (tertiary/aromatic N) is 1. The number of hydrogen-bond acceptors (Lipinski definition) is 0. The molecule has 54 heavy (non-hydrogen) atoms. The quantitative estimate of drug-likeness (QED) is 0.163. The van der Waals surface area contributed by atoms with Crippen LogP contribution in [-0.4, -0.2) is 4.57 Å². The Bertz CT molecular complexity index is 3290. The molecule has 1 aliphatic carbocycles. The lowest BCUT2D eigenvalue weighted by molar-refractivity contribution is 1.18. The van der Waals surface area contributed by atoms with Crippen molar-refractivity contribution in [1.29, 1.82) is 0 Å². The molecule has 1 aromatic heterocycles. The smallest absolute Gasteiger partial charge is 0.0541 e. The van der Waals surface area contributed by atoms with Gasteiger partial charge in [0.1, 0.15) is 0 Å². The lowest BCUT2D eigenvalue weighted by atomic mass is 9.85. The summed E-state index contributed by atoms with van der Waals surface area (Å²) in [6.07, 6.45) is 0.970. The monoisotopic (exact) mass is 683 g/mol. The van der Waals surface area contributed by atoms with Crippen molar-refractivity contribution in [3.05, 3.63) is 199 Å². The molecule has 0 unspecified atom stereocenters. The van der Waals surface area contributed by atoms with E-state index in [2.05, 4.69) is 193 Å². The fraction of sp³-hybridized carbons (Fsp3) is 0.0189. The molecule has 0 N–H and O–H groups in total. The predicted octanol–water partition coefficient (Wildman–Crippen LogP) is 14.3. The molecule has 1 heteroatoms. The first-order valence-corrected chi connectivity index (χ1v) is 18.9. The molecular formula is C53H33N. The molecule has 11 aromatic rings. The van der Waals surface area contributed by atoms with Crippen LogP contribution in [0, 0.1) is 0 Å². The summed E-state index contributed by atoms with van der Waals surface area (Å²) < 4.78 is 2.39. The maximum Gasteiger partial charge on any atom is 0.0541 e. The molecule has 10 aromatic carbocycles. The van der Waals surface area contributed by atoms with Gasteiger partial charge in [-0.15, -0.1) is 0 Å². The van der Waals surface area contributed by atoms with E-state index in [-0.39, 0.29) is 0 Å². The van der Waals surface area contributed by atoms with Crippen LogP contribution in [0.15, 0.2) is 188 Å². The molecule has 0 atom stereocenters. The fourth-order valence-electron chi connectivity index (χ4n) is 9.51. The van der Waals surface area contributed by atoms with Gasteiger partial charge >= 0.3 is 0 Å². The van der Waals surface area contributed by atoms with Gasteiger partial charge < -0.3 is 4.57 Å². The second kappa shape index (κ2) is 11.3. The number of hydrogen-bond donors (Lipinski definition) is 0. The summed E-state index contributed by atoms with van der Waals surface area (Å²) in [5.74, 6) is 0. The van der Waals surface area contributed by atoms with Crippen LogP contribution in [-0.2, 0) is 6.42 Å². The van der Waals surface area contributed by atoms with E-state index < -0.39 is 0 Å². The molecule has 12 rings (SSSR count). The van der Waals surface area contributed by atoms with E-state index >= 15 is 0 Å². The zero-order valence-electron chi connectivity index (χ0n) is 29.6. The molecule has 1 aliphatic rings. The summed E-state index contributed by atoms with van der Waals surface area (Å²) in [6.45, 7) is 0. The minimum Gasteiger partial charge on any atom is -0.309 e. The Kier molecular flexibility index (Phi) is 6.18. The van der Waals surface area contributed by atoms with E-state index in [0.29, 0.717) is 0 Å². The normalized spacial score (nSPS) is 12.4. The summed E-state index contributed by atoms with van der Waals surface area (Å²) in [7, 11) is 0. The van der Waals surface area contributed by atoms with Crippen molar-refractivity contribution >= 4 is 64.9 Å². The maximum absolute atomic E-state index is 2.46. The standard InChI is InChI=1S/C53H33N/c1-2-14-41(15-3-1)54-50-21-11-10-16-42(50)49-31-37(24-25-51(49)54)53-45-19-8-6-17-43(45)52(44-18-7-9-20-46(44)53)36-23-22-35-28-40-29-38-26-33-12-4-5-13-34(33)27-39(38)32-48(40)47(35)30-36/h1-27,29-32H,28H2. The SMILES string of the molecule is c1ccc(-n2c3ccccc3c3cc(-c4c5ccccc5c(-c5ccc6c(c5)-c5cc7cc8ccccc8cc7cc5C6)c5ccccc45)ccc32)cc1. The minimum absolute atomic E-state index is 0.970. The fourth-order valence-corrected chi connectivity index (χ4v) is 9.51. The van der Waals surface area contributed by atoms with Crippen LogP contribution < -0.4 is 0 Å². The number of rotatable bonds is 3. The third-order valence-electron chi connectivity index (χ3n) is 11.9. The Balaban J connectivity index is 1.07. The summed E-state index contributed by atoms with van der Waals surface area (Å²) in [5.41, 5.74) is 14.2. The van der Waals surface area contributed by atoms with Crippen LogP contribution in [0.4, 0.5) is 0 Å². The highest BCUT2D eigenvalue weighted by Crippen LogP contribution is 2.47. The molecule has 0 amide bonds. The van der Waals surface area contributed by atoms with Crippen molar-refractivity contribution in [1.82, 2.24) is 4.57 Å². The van der Waals surface area contributed by atoms with Gasteiger partial charge in [-0.1, -0.05) is 133 Å². The van der Waals surface area contributed by atoms with Crippen LogP contribution in [0.3, 0.4) is 0 Å². The van der Waals surface area contributed by atoms with E-state index in [1.165, 1.54) is 115 Å². The Hall–Kier alpha value is -6.96. The van der Waals surface area contributed by atoms with Gasteiger partial charge in [0.2, 0.25) is 0 Å². The number of aromatic nitrogens is 1. The van der Waals surface area contributed by atoms with Crippen LogP contribution in [0.25, 0.3) is 104 Å². The highest BCUT2D eigenvalue weighted by Gasteiger charge is 2.23. The third kappa shape index (κ3) is 4.27. The molecule has 1 nitrogen and oxygen atoms in total. The van der Waals surface area contributed by atoms with Gasteiger partial charge in [0.05, 0.1) is 11.0 Å². The molecule has 1 heterocycles. The second-order valence-corrected chi connectivity index (χ2v) is 14.9. The average molecular weight is 684 g/mol. The summed E-state index contributed by atoms with van der Waals surface area (Å²) in [4.78, 5) is 0. The number of benzene rings is 10. The second-order valence-electron chi connectivity index (χ2n) is 14.9. The lowest BCUT2D eigenvalue weighted by Crippen LogP contribution is -1.93. The first kappa shape index (κ1) is 29.6. The van der Waals surface area contributed by atoms with Gasteiger partial charge in [0.15, 0.2) is 0 Å². The van der Waals surface area contributed by atoms with Crippen molar-refractivity contribution in [2.45, 2.75) is 6.42 Å². The predicted molar refractivity (Wildman–Crippen MR) is 230 cm³/mol. The van der Waals surface area contributed by atoms with Crippen molar-refractivity contribution in [3.63, 3.8) is 0 Å². The first-order chi connectivity index (χ1) is 26.8. The highest BCUT2D eigenvalue weighted by molar-refractivity contribution is 6.22. The number of fused-ring (bicyclic) bond motifs is 10. The first-order valence-electron chi connectivity index (χ1n) is 18.9. The largest absolute Gasteiger partial charge is 0.309 e. The van der Waals surface area contributed by atoms with E-state index in [9.17, 15) is 0 Å². The molecule has 0 aliphatic heterocycles. The molecule has 0 saturated heterocycles. The van der Waals surface area contributed by atoms with Gasteiger partial charge in [-0.2, -0.15) is 0 Å². The van der Waals surface area contributed by atoms with Crippen LogP contribution >= 0.6 is 0 Å². The molecule has 250 valence electrons. The van der Waals surface area contributed by atoms with Crippen molar-refractivity contribution < 1.29 is 0 Å². The van der Waals surface area contributed by atoms with Gasteiger partial charge in [0.25, 0.3) is 0 Å². The molecule has 0 spiro atoms. The highest BCUT2D eigenvalue weighted by atomic mass is 15.0. The van der Waals surface area contributed by atoms with Gasteiger partial charge in [-0.25, -0.2) is 0 Å². The Morgan fingerprint density at radius 3 is 1.52 bits per heavy atom. The molecule has 0 bridgehead atoms.